The molecule has 1 heterocycles. The summed E-state index contributed by atoms with van der Waals surface area (Å²) in [7, 11) is 2.95. The fourth-order valence-corrected chi connectivity index (χ4v) is 4.88. The number of rotatable bonds is 7. The molecule has 0 spiro atoms. The first-order valence-electron chi connectivity index (χ1n) is 11.4. The van der Waals surface area contributed by atoms with Crippen LogP contribution < -0.4 is 19.1 Å². The van der Waals surface area contributed by atoms with Crippen molar-refractivity contribution in [3.8, 4) is 17.2 Å². The molecule has 1 saturated heterocycles. The lowest BCUT2D eigenvalue weighted by Gasteiger charge is -2.26. The van der Waals surface area contributed by atoms with Crippen LogP contribution in [0.2, 0.25) is 10.0 Å². The van der Waals surface area contributed by atoms with Crippen molar-refractivity contribution in [1.29, 1.82) is 0 Å². The van der Waals surface area contributed by atoms with Crippen LogP contribution in [0.15, 0.2) is 66.2 Å². The Hall–Kier alpha value is -3.68. The SMILES string of the molecule is COc1ccc(N2C(=O)C(=O)/C(=C(/O)c3cc(Cl)c(OC)c(Cl)c3)C2c2cccc(OC(C)C)c2)cc1. The largest absolute Gasteiger partial charge is 0.507 e. The molecule has 3 aromatic carbocycles. The molecular formula is C28H25Cl2NO6. The second kappa shape index (κ2) is 10.7. The summed E-state index contributed by atoms with van der Waals surface area (Å²) in [6.07, 6.45) is -0.0909. The molecule has 0 bridgehead atoms. The van der Waals surface area contributed by atoms with Gasteiger partial charge < -0.3 is 19.3 Å². The van der Waals surface area contributed by atoms with Gasteiger partial charge in [-0.05, 0) is 67.9 Å². The van der Waals surface area contributed by atoms with Gasteiger partial charge in [0, 0.05) is 11.3 Å². The number of Topliss-reactive ketones (excluding diaryl/α,β-unsaturated/α-hetero) is 1. The summed E-state index contributed by atoms with van der Waals surface area (Å²) in [5.41, 5.74) is 1.08. The molecule has 1 atom stereocenters. The lowest BCUT2D eigenvalue weighted by molar-refractivity contribution is -0.132. The van der Waals surface area contributed by atoms with Gasteiger partial charge in [0.15, 0.2) is 5.75 Å². The Bertz CT molecular complexity index is 1360. The maximum Gasteiger partial charge on any atom is 0.300 e. The summed E-state index contributed by atoms with van der Waals surface area (Å²) in [4.78, 5) is 28.1. The Morgan fingerprint density at radius 2 is 1.57 bits per heavy atom. The average molecular weight is 542 g/mol. The molecule has 1 aliphatic rings. The predicted octanol–water partition coefficient (Wildman–Crippen LogP) is 6.42. The van der Waals surface area contributed by atoms with Gasteiger partial charge in [-0.1, -0.05) is 35.3 Å². The van der Waals surface area contributed by atoms with E-state index in [-0.39, 0.29) is 33.0 Å². The van der Waals surface area contributed by atoms with E-state index < -0.39 is 23.5 Å². The van der Waals surface area contributed by atoms with Gasteiger partial charge in [0.25, 0.3) is 11.7 Å². The number of aliphatic hydroxyl groups excluding tert-OH is 1. The van der Waals surface area contributed by atoms with Crippen LogP contribution >= 0.6 is 23.2 Å². The molecule has 1 amide bonds. The molecule has 4 rings (SSSR count). The molecule has 37 heavy (non-hydrogen) atoms. The first kappa shape index (κ1) is 26.4. The van der Waals surface area contributed by atoms with Crippen LogP contribution in [0.3, 0.4) is 0 Å². The quantitative estimate of drug-likeness (QED) is 0.211. The maximum atomic E-state index is 13.4. The smallest absolute Gasteiger partial charge is 0.300 e. The number of ether oxygens (including phenoxy) is 3. The van der Waals surface area contributed by atoms with E-state index in [1.165, 1.54) is 31.3 Å². The van der Waals surface area contributed by atoms with Gasteiger partial charge in [0.2, 0.25) is 0 Å². The number of hydrogen-bond acceptors (Lipinski definition) is 6. The number of benzene rings is 3. The van der Waals surface area contributed by atoms with E-state index in [1.54, 1.807) is 48.5 Å². The number of carbonyl (C=O) groups is 2. The number of hydrogen-bond donors (Lipinski definition) is 1. The maximum absolute atomic E-state index is 13.4. The van der Waals surface area contributed by atoms with E-state index >= 15 is 0 Å². The van der Waals surface area contributed by atoms with E-state index in [9.17, 15) is 14.7 Å². The lowest BCUT2D eigenvalue weighted by Crippen LogP contribution is -2.29. The molecule has 7 nitrogen and oxygen atoms in total. The number of aliphatic hydroxyl groups is 1. The van der Waals surface area contributed by atoms with Crippen LogP contribution in [-0.2, 0) is 9.59 Å². The van der Waals surface area contributed by atoms with Crippen molar-refractivity contribution in [2.24, 2.45) is 0 Å². The molecule has 3 aromatic rings. The highest BCUT2D eigenvalue weighted by molar-refractivity contribution is 6.51. The van der Waals surface area contributed by atoms with Crippen molar-refractivity contribution in [2.75, 3.05) is 19.1 Å². The Morgan fingerprint density at radius 1 is 0.919 bits per heavy atom. The normalized spacial score (nSPS) is 16.8. The standard InChI is InChI=1S/C28H25Cl2NO6/c1-15(2)37-20-7-5-6-16(12-20)24-23(25(32)17-13-21(29)27(36-4)22(30)14-17)26(33)28(34)31(24)18-8-10-19(35-3)11-9-18/h5-15,24,32H,1-4H3/b25-23+. The third-order valence-corrected chi connectivity index (χ3v) is 6.38. The lowest BCUT2D eigenvalue weighted by atomic mass is 9.95. The number of amides is 1. The van der Waals surface area contributed by atoms with Crippen molar-refractivity contribution in [2.45, 2.75) is 26.0 Å². The van der Waals surface area contributed by atoms with Crippen molar-refractivity contribution >= 4 is 46.3 Å². The molecule has 0 radical (unpaired) electrons. The van der Waals surface area contributed by atoms with Crippen molar-refractivity contribution in [3.63, 3.8) is 0 Å². The van der Waals surface area contributed by atoms with Crippen LogP contribution in [0.25, 0.3) is 5.76 Å². The zero-order valence-electron chi connectivity index (χ0n) is 20.6. The van der Waals surface area contributed by atoms with Gasteiger partial charge in [-0.15, -0.1) is 0 Å². The average Bonchev–Trinajstić information content (AvgIpc) is 3.13. The fraction of sp³-hybridized carbons (Fsp3) is 0.214. The van der Waals surface area contributed by atoms with Crippen LogP contribution in [0.1, 0.15) is 31.0 Å². The van der Waals surface area contributed by atoms with E-state index in [0.29, 0.717) is 22.7 Å². The van der Waals surface area contributed by atoms with Crippen LogP contribution in [0, 0.1) is 0 Å². The molecule has 0 aromatic heterocycles. The molecule has 1 N–H and O–H groups in total. The van der Waals surface area contributed by atoms with E-state index in [0.717, 1.165) is 0 Å². The Morgan fingerprint density at radius 3 is 2.14 bits per heavy atom. The molecule has 1 unspecified atom stereocenters. The number of nitrogens with zero attached hydrogens (tertiary/aromatic N) is 1. The summed E-state index contributed by atoms with van der Waals surface area (Å²) in [5.74, 6) is -0.682. The summed E-state index contributed by atoms with van der Waals surface area (Å²) >= 11 is 12.6. The molecule has 192 valence electrons. The van der Waals surface area contributed by atoms with Crippen molar-refractivity contribution in [1.82, 2.24) is 0 Å². The summed E-state index contributed by atoms with van der Waals surface area (Å²) < 4.78 is 16.3. The van der Waals surface area contributed by atoms with Gasteiger partial charge in [0.05, 0.1) is 42.0 Å². The van der Waals surface area contributed by atoms with Gasteiger partial charge in [-0.2, -0.15) is 0 Å². The first-order chi connectivity index (χ1) is 17.7. The van der Waals surface area contributed by atoms with Crippen LogP contribution in [0.5, 0.6) is 17.2 Å². The van der Waals surface area contributed by atoms with Gasteiger partial charge >= 0.3 is 0 Å². The molecule has 0 saturated carbocycles. The summed E-state index contributed by atoms with van der Waals surface area (Å²) in [5, 5.41) is 11.7. The first-order valence-corrected chi connectivity index (χ1v) is 12.2. The van der Waals surface area contributed by atoms with Gasteiger partial charge in [-0.3, -0.25) is 14.5 Å². The Balaban J connectivity index is 1.94. The molecule has 1 fully saturated rings. The third-order valence-electron chi connectivity index (χ3n) is 5.82. The monoisotopic (exact) mass is 541 g/mol. The molecule has 9 heteroatoms. The zero-order valence-corrected chi connectivity index (χ0v) is 22.1. The minimum atomic E-state index is -0.955. The van der Waals surface area contributed by atoms with Crippen LogP contribution in [0.4, 0.5) is 5.69 Å². The molecule has 1 aliphatic heterocycles. The minimum Gasteiger partial charge on any atom is -0.507 e. The van der Waals surface area contributed by atoms with Crippen molar-refractivity contribution in [3.05, 3.63) is 87.4 Å². The third kappa shape index (κ3) is 5.10. The molecular weight excluding hydrogens is 517 g/mol. The van der Waals surface area contributed by atoms with Gasteiger partial charge in [0.1, 0.15) is 17.3 Å². The highest BCUT2D eigenvalue weighted by Gasteiger charge is 2.47. The minimum absolute atomic E-state index is 0.0909. The van der Waals surface area contributed by atoms with E-state index in [2.05, 4.69) is 0 Å². The summed E-state index contributed by atoms with van der Waals surface area (Å²) in [6, 6.07) is 15.7. The van der Waals surface area contributed by atoms with Gasteiger partial charge in [-0.25, -0.2) is 0 Å². The highest BCUT2D eigenvalue weighted by Crippen LogP contribution is 2.44. The number of methoxy groups -OCH3 is 2. The second-order valence-corrected chi connectivity index (χ2v) is 9.39. The number of ketones is 1. The predicted molar refractivity (Wildman–Crippen MR) is 143 cm³/mol. The summed E-state index contributed by atoms with van der Waals surface area (Å²) in [6.45, 7) is 3.79. The highest BCUT2D eigenvalue weighted by atomic mass is 35.5. The fourth-order valence-electron chi connectivity index (χ4n) is 4.23. The zero-order chi connectivity index (χ0) is 26.9. The second-order valence-electron chi connectivity index (χ2n) is 8.58. The Kier molecular flexibility index (Phi) is 7.66. The van der Waals surface area contributed by atoms with Crippen LogP contribution in [-0.4, -0.2) is 37.1 Å². The number of carbonyl (C=O) groups excluding carboxylic acids is 2. The topological polar surface area (TPSA) is 85.3 Å². The number of anilines is 1. The van der Waals surface area contributed by atoms with E-state index in [1.807, 2.05) is 13.8 Å². The van der Waals surface area contributed by atoms with Crippen molar-refractivity contribution < 1.29 is 28.9 Å². The van der Waals surface area contributed by atoms with E-state index in [4.69, 9.17) is 37.4 Å². The number of halogens is 2. The Labute approximate surface area is 224 Å². The molecule has 0 aliphatic carbocycles.